The fourth-order valence-corrected chi connectivity index (χ4v) is 1.32. The van der Waals surface area contributed by atoms with Gasteiger partial charge in [-0.1, -0.05) is 39.0 Å². The van der Waals surface area contributed by atoms with Crippen molar-refractivity contribution in [3.8, 4) is 0 Å². The quantitative estimate of drug-likeness (QED) is 0.516. The van der Waals surface area contributed by atoms with E-state index < -0.39 is 18.1 Å². The van der Waals surface area contributed by atoms with Crippen LogP contribution < -0.4 is 5.73 Å². The molecule has 0 aliphatic carbocycles. The molecule has 4 heteroatoms. The standard InChI is InChI=1S/C10H21NO3/c1-2-3-4-5-6-7-8(11)9(12)10(13)14/h8-9,12H,2-7,11H2,1H3,(H,13,14)/t8-,9+/m0/s1. The van der Waals surface area contributed by atoms with Crippen LogP contribution >= 0.6 is 0 Å². The maximum absolute atomic E-state index is 10.3. The van der Waals surface area contributed by atoms with E-state index in [2.05, 4.69) is 6.92 Å². The highest BCUT2D eigenvalue weighted by Crippen LogP contribution is 2.08. The first-order valence-corrected chi connectivity index (χ1v) is 5.26. The third-order valence-electron chi connectivity index (χ3n) is 2.30. The first-order chi connectivity index (χ1) is 6.59. The number of carboxylic acid groups (broad SMARTS) is 1. The van der Waals surface area contributed by atoms with Crippen LogP contribution in [0.4, 0.5) is 0 Å². The fraction of sp³-hybridized carbons (Fsp3) is 0.900. The molecule has 0 saturated heterocycles. The summed E-state index contributed by atoms with van der Waals surface area (Å²) in [6.45, 7) is 2.14. The van der Waals surface area contributed by atoms with Crippen molar-refractivity contribution < 1.29 is 15.0 Å². The number of aliphatic hydroxyl groups is 1. The summed E-state index contributed by atoms with van der Waals surface area (Å²) in [6.07, 6.45) is 4.67. The Balaban J connectivity index is 3.43. The summed E-state index contributed by atoms with van der Waals surface area (Å²) in [5.74, 6) is -1.23. The van der Waals surface area contributed by atoms with Gasteiger partial charge in [0.2, 0.25) is 0 Å². The molecule has 0 aromatic carbocycles. The summed E-state index contributed by atoms with van der Waals surface area (Å²) < 4.78 is 0. The molecule has 4 nitrogen and oxygen atoms in total. The van der Waals surface area contributed by atoms with E-state index in [-0.39, 0.29) is 0 Å². The van der Waals surface area contributed by atoms with Gasteiger partial charge in [-0.25, -0.2) is 4.79 Å². The lowest BCUT2D eigenvalue weighted by Crippen LogP contribution is -2.40. The molecular formula is C10H21NO3. The minimum Gasteiger partial charge on any atom is -0.479 e. The van der Waals surface area contributed by atoms with Crippen molar-refractivity contribution in [1.82, 2.24) is 0 Å². The molecule has 0 spiro atoms. The molecule has 0 aliphatic rings. The van der Waals surface area contributed by atoms with Gasteiger partial charge in [0.05, 0.1) is 0 Å². The van der Waals surface area contributed by atoms with Crippen molar-refractivity contribution in [1.29, 1.82) is 0 Å². The van der Waals surface area contributed by atoms with E-state index in [0.717, 1.165) is 19.3 Å². The molecule has 0 aromatic rings. The van der Waals surface area contributed by atoms with Gasteiger partial charge in [0, 0.05) is 6.04 Å². The van der Waals surface area contributed by atoms with Gasteiger partial charge < -0.3 is 15.9 Å². The molecule has 14 heavy (non-hydrogen) atoms. The highest BCUT2D eigenvalue weighted by atomic mass is 16.4. The molecule has 0 radical (unpaired) electrons. The highest BCUT2D eigenvalue weighted by Gasteiger charge is 2.21. The molecule has 84 valence electrons. The largest absolute Gasteiger partial charge is 0.479 e. The Morgan fingerprint density at radius 2 is 1.86 bits per heavy atom. The monoisotopic (exact) mass is 203 g/mol. The molecule has 0 amide bonds. The lowest BCUT2D eigenvalue weighted by molar-refractivity contribution is -0.147. The maximum atomic E-state index is 10.3. The van der Waals surface area contributed by atoms with Gasteiger partial charge in [-0.3, -0.25) is 0 Å². The molecular weight excluding hydrogens is 182 g/mol. The number of rotatable bonds is 8. The molecule has 0 bridgehead atoms. The topological polar surface area (TPSA) is 83.5 Å². The van der Waals surface area contributed by atoms with Crippen molar-refractivity contribution in [2.24, 2.45) is 5.73 Å². The average Bonchev–Trinajstić information content (AvgIpc) is 2.16. The van der Waals surface area contributed by atoms with Crippen LogP contribution in [0.2, 0.25) is 0 Å². The number of nitrogens with two attached hydrogens (primary N) is 1. The van der Waals surface area contributed by atoms with Crippen LogP contribution in [0.3, 0.4) is 0 Å². The number of hydrogen-bond acceptors (Lipinski definition) is 3. The van der Waals surface area contributed by atoms with Crippen LogP contribution in [-0.4, -0.2) is 28.3 Å². The Bertz CT molecular complexity index is 161. The Morgan fingerprint density at radius 3 is 2.36 bits per heavy atom. The third kappa shape index (κ3) is 5.94. The van der Waals surface area contributed by atoms with E-state index in [1.807, 2.05) is 0 Å². The zero-order valence-electron chi connectivity index (χ0n) is 8.78. The Hall–Kier alpha value is -0.610. The van der Waals surface area contributed by atoms with Gasteiger partial charge in [-0.05, 0) is 6.42 Å². The van der Waals surface area contributed by atoms with Gasteiger partial charge >= 0.3 is 5.97 Å². The summed E-state index contributed by atoms with van der Waals surface area (Å²) in [5, 5.41) is 17.5. The van der Waals surface area contributed by atoms with Gasteiger partial charge in [0.25, 0.3) is 0 Å². The molecule has 0 aliphatic heterocycles. The summed E-state index contributed by atoms with van der Waals surface area (Å²) >= 11 is 0. The van der Waals surface area contributed by atoms with E-state index in [0.29, 0.717) is 6.42 Å². The van der Waals surface area contributed by atoms with Crippen LogP contribution in [-0.2, 0) is 4.79 Å². The second-order valence-electron chi connectivity index (χ2n) is 3.65. The van der Waals surface area contributed by atoms with Crippen molar-refractivity contribution >= 4 is 5.97 Å². The van der Waals surface area contributed by atoms with Gasteiger partial charge in [0.15, 0.2) is 6.10 Å². The molecule has 2 atom stereocenters. The van der Waals surface area contributed by atoms with E-state index >= 15 is 0 Å². The average molecular weight is 203 g/mol. The van der Waals surface area contributed by atoms with Crippen molar-refractivity contribution in [2.45, 2.75) is 57.6 Å². The smallest absolute Gasteiger partial charge is 0.334 e. The summed E-state index contributed by atoms with van der Waals surface area (Å²) in [5.41, 5.74) is 5.50. The highest BCUT2D eigenvalue weighted by molar-refractivity contribution is 5.72. The first-order valence-electron chi connectivity index (χ1n) is 5.26. The minimum atomic E-state index is -1.42. The van der Waals surface area contributed by atoms with Crippen molar-refractivity contribution in [3.63, 3.8) is 0 Å². The number of aliphatic hydroxyl groups excluding tert-OH is 1. The number of hydrogen-bond donors (Lipinski definition) is 3. The van der Waals surface area contributed by atoms with Gasteiger partial charge in [-0.2, -0.15) is 0 Å². The first kappa shape index (κ1) is 13.4. The zero-order valence-corrected chi connectivity index (χ0v) is 8.78. The molecule has 0 unspecified atom stereocenters. The number of carboxylic acids is 1. The lowest BCUT2D eigenvalue weighted by atomic mass is 10.0. The minimum absolute atomic E-state index is 0.581. The molecule has 0 heterocycles. The number of unbranched alkanes of at least 4 members (excludes halogenated alkanes) is 4. The SMILES string of the molecule is CCCCCCC[C@H](N)[C@@H](O)C(=O)O. The van der Waals surface area contributed by atoms with E-state index in [1.54, 1.807) is 0 Å². The summed E-state index contributed by atoms with van der Waals surface area (Å²) in [4.78, 5) is 10.3. The maximum Gasteiger partial charge on any atom is 0.334 e. The second kappa shape index (κ2) is 7.76. The normalized spacial score (nSPS) is 15.1. The van der Waals surface area contributed by atoms with Crippen LogP contribution in [0, 0.1) is 0 Å². The molecule has 0 rings (SSSR count). The van der Waals surface area contributed by atoms with Crippen LogP contribution in [0.25, 0.3) is 0 Å². The third-order valence-corrected chi connectivity index (χ3v) is 2.30. The number of carbonyl (C=O) groups is 1. The molecule has 0 fully saturated rings. The zero-order chi connectivity index (χ0) is 11.0. The van der Waals surface area contributed by atoms with Gasteiger partial charge in [0.1, 0.15) is 0 Å². The van der Waals surface area contributed by atoms with Crippen LogP contribution in [0.1, 0.15) is 45.4 Å². The summed E-state index contributed by atoms with van der Waals surface area (Å²) in [7, 11) is 0. The van der Waals surface area contributed by atoms with Crippen molar-refractivity contribution in [3.05, 3.63) is 0 Å². The molecule has 0 saturated carbocycles. The van der Waals surface area contributed by atoms with Crippen LogP contribution in [0.5, 0.6) is 0 Å². The molecule has 4 N–H and O–H groups in total. The second-order valence-corrected chi connectivity index (χ2v) is 3.65. The van der Waals surface area contributed by atoms with E-state index in [9.17, 15) is 4.79 Å². The Morgan fingerprint density at radius 1 is 1.29 bits per heavy atom. The summed E-state index contributed by atoms with van der Waals surface area (Å²) in [6, 6.07) is -0.630. The van der Waals surface area contributed by atoms with E-state index in [4.69, 9.17) is 15.9 Å². The van der Waals surface area contributed by atoms with Crippen molar-refractivity contribution in [2.75, 3.05) is 0 Å². The predicted molar refractivity (Wildman–Crippen MR) is 55.0 cm³/mol. The van der Waals surface area contributed by atoms with Gasteiger partial charge in [-0.15, -0.1) is 0 Å². The number of aliphatic carboxylic acids is 1. The Kier molecular flexibility index (Phi) is 7.42. The lowest BCUT2D eigenvalue weighted by Gasteiger charge is -2.14. The molecule has 0 aromatic heterocycles. The van der Waals surface area contributed by atoms with Crippen LogP contribution in [0.15, 0.2) is 0 Å². The Labute approximate surface area is 85.1 Å². The predicted octanol–water partition coefficient (Wildman–Crippen LogP) is 1.12. The van der Waals surface area contributed by atoms with E-state index in [1.165, 1.54) is 12.8 Å². The fourth-order valence-electron chi connectivity index (χ4n) is 1.32.